The van der Waals surface area contributed by atoms with E-state index in [1.165, 1.54) is 24.9 Å². The van der Waals surface area contributed by atoms with Crippen molar-refractivity contribution < 1.29 is 0 Å². The zero-order valence-corrected chi connectivity index (χ0v) is 10.1. The number of hydrogen-bond donors (Lipinski definition) is 0. The van der Waals surface area contributed by atoms with E-state index >= 15 is 0 Å². The molecule has 82 valence electrons. The first-order valence-corrected chi connectivity index (χ1v) is 5.89. The summed E-state index contributed by atoms with van der Waals surface area (Å²) >= 11 is 0. The molecule has 15 heavy (non-hydrogen) atoms. The Morgan fingerprint density at radius 3 is 2.40 bits per heavy atom. The Kier molecular flexibility index (Phi) is 2.83. The summed E-state index contributed by atoms with van der Waals surface area (Å²) in [4.78, 5) is 2.58. The third-order valence-corrected chi connectivity index (χ3v) is 3.30. The van der Waals surface area contributed by atoms with Crippen LogP contribution in [0.5, 0.6) is 0 Å². The van der Waals surface area contributed by atoms with Gasteiger partial charge in [0.05, 0.1) is 0 Å². The quantitative estimate of drug-likeness (QED) is 0.625. The summed E-state index contributed by atoms with van der Waals surface area (Å²) < 4.78 is 0. The van der Waals surface area contributed by atoms with Gasteiger partial charge in [-0.25, -0.2) is 0 Å². The van der Waals surface area contributed by atoms with E-state index in [1.54, 1.807) is 5.56 Å². The predicted octanol–water partition coefficient (Wildman–Crippen LogP) is 3.23. The molecule has 1 aliphatic heterocycles. The van der Waals surface area contributed by atoms with Crippen LogP contribution in [0.4, 0.5) is 0 Å². The molecule has 1 aromatic carbocycles. The average Bonchev–Trinajstić information content (AvgIpc) is 2.38. The first-order chi connectivity index (χ1) is 7.07. The molecule has 0 aliphatic carbocycles. The van der Waals surface area contributed by atoms with E-state index in [0.717, 1.165) is 6.54 Å². The lowest BCUT2D eigenvalue weighted by molar-refractivity contribution is 0.130. The number of rotatable bonds is 0. The Morgan fingerprint density at radius 2 is 1.73 bits per heavy atom. The second-order valence-corrected chi connectivity index (χ2v) is 5.46. The van der Waals surface area contributed by atoms with Crippen molar-refractivity contribution >= 4 is 0 Å². The van der Waals surface area contributed by atoms with Crippen molar-refractivity contribution in [3.8, 4) is 0 Å². The molecule has 1 heteroatoms. The van der Waals surface area contributed by atoms with E-state index in [9.17, 15) is 0 Å². The molecule has 0 saturated carbocycles. The molecule has 1 aromatic rings. The van der Waals surface area contributed by atoms with Crippen molar-refractivity contribution in [2.45, 2.75) is 45.7 Å². The van der Waals surface area contributed by atoms with E-state index in [0.29, 0.717) is 0 Å². The highest BCUT2D eigenvalue weighted by molar-refractivity contribution is 5.28. The van der Waals surface area contributed by atoms with Crippen molar-refractivity contribution in [1.82, 2.24) is 4.90 Å². The van der Waals surface area contributed by atoms with Crippen LogP contribution in [0.3, 0.4) is 0 Å². The zero-order valence-electron chi connectivity index (χ0n) is 10.1. The highest BCUT2D eigenvalue weighted by Crippen LogP contribution is 2.23. The van der Waals surface area contributed by atoms with Gasteiger partial charge in [0, 0.05) is 12.1 Å². The lowest BCUT2D eigenvalue weighted by atomic mass is 10.0. The van der Waals surface area contributed by atoms with Crippen LogP contribution in [-0.2, 0) is 13.0 Å². The Balaban J connectivity index is 2.25. The molecule has 0 spiro atoms. The van der Waals surface area contributed by atoms with Crippen LogP contribution in [0.2, 0.25) is 0 Å². The number of aryl methyl sites for hydroxylation is 1. The summed E-state index contributed by atoms with van der Waals surface area (Å²) in [7, 11) is 0. The van der Waals surface area contributed by atoms with Gasteiger partial charge >= 0.3 is 0 Å². The minimum atomic E-state index is 0.289. The minimum Gasteiger partial charge on any atom is -0.294 e. The molecule has 0 fully saturated rings. The molecule has 0 N–H and O–H groups in total. The van der Waals surface area contributed by atoms with Gasteiger partial charge in [-0.1, -0.05) is 24.3 Å². The molecule has 2 rings (SSSR count). The van der Waals surface area contributed by atoms with Gasteiger partial charge in [-0.05, 0) is 51.3 Å². The topological polar surface area (TPSA) is 3.24 Å². The summed E-state index contributed by atoms with van der Waals surface area (Å²) in [6.07, 6.45) is 2.52. The van der Waals surface area contributed by atoms with E-state index in [-0.39, 0.29) is 5.54 Å². The minimum absolute atomic E-state index is 0.289. The number of benzene rings is 1. The highest BCUT2D eigenvalue weighted by Gasteiger charge is 2.23. The van der Waals surface area contributed by atoms with E-state index in [4.69, 9.17) is 0 Å². The molecule has 1 nitrogen and oxygen atoms in total. The number of nitrogens with zero attached hydrogens (tertiary/aromatic N) is 1. The smallest absolute Gasteiger partial charge is 0.0241 e. The Bertz CT molecular complexity index is 335. The fourth-order valence-corrected chi connectivity index (χ4v) is 2.27. The van der Waals surface area contributed by atoms with Crippen LogP contribution in [0, 0.1) is 0 Å². The second kappa shape index (κ2) is 3.97. The predicted molar refractivity (Wildman–Crippen MR) is 64.9 cm³/mol. The summed E-state index contributed by atoms with van der Waals surface area (Å²) in [6, 6.07) is 8.87. The maximum atomic E-state index is 2.58. The van der Waals surface area contributed by atoms with Crippen LogP contribution in [0.25, 0.3) is 0 Å². The van der Waals surface area contributed by atoms with Crippen LogP contribution >= 0.6 is 0 Å². The third kappa shape index (κ3) is 2.40. The largest absolute Gasteiger partial charge is 0.294 e. The first-order valence-electron chi connectivity index (χ1n) is 5.89. The van der Waals surface area contributed by atoms with Crippen LogP contribution in [-0.4, -0.2) is 17.0 Å². The molecule has 0 amide bonds. The molecule has 1 aliphatic rings. The van der Waals surface area contributed by atoms with Crippen molar-refractivity contribution in [2.24, 2.45) is 0 Å². The summed E-state index contributed by atoms with van der Waals surface area (Å²) in [5, 5.41) is 0. The van der Waals surface area contributed by atoms with Gasteiger partial charge in [0.2, 0.25) is 0 Å². The number of hydrogen-bond acceptors (Lipinski definition) is 1. The van der Waals surface area contributed by atoms with Gasteiger partial charge in [-0.2, -0.15) is 0 Å². The van der Waals surface area contributed by atoms with Gasteiger partial charge < -0.3 is 0 Å². The van der Waals surface area contributed by atoms with E-state index in [2.05, 4.69) is 49.9 Å². The summed E-state index contributed by atoms with van der Waals surface area (Å²) in [5.41, 5.74) is 3.35. The third-order valence-electron chi connectivity index (χ3n) is 3.30. The zero-order chi connectivity index (χ0) is 10.9. The van der Waals surface area contributed by atoms with Gasteiger partial charge in [0.15, 0.2) is 0 Å². The summed E-state index contributed by atoms with van der Waals surface area (Å²) in [6.45, 7) is 9.25. The van der Waals surface area contributed by atoms with Crippen molar-refractivity contribution in [1.29, 1.82) is 0 Å². The molecule has 0 radical (unpaired) electrons. The lowest BCUT2D eigenvalue weighted by Gasteiger charge is -2.34. The van der Waals surface area contributed by atoms with Crippen molar-refractivity contribution in [2.75, 3.05) is 6.54 Å². The lowest BCUT2D eigenvalue weighted by Crippen LogP contribution is -2.40. The fraction of sp³-hybridized carbons (Fsp3) is 0.571. The fourth-order valence-electron chi connectivity index (χ4n) is 2.27. The Morgan fingerprint density at radius 1 is 1.07 bits per heavy atom. The number of fused-ring (bicyclic) bond motifs is 1. The van der Waals surface area contributed by atoms with Gasteiger partial charge in [0.25, 0.3) is 0 Å². The van der Waals surface area contributed by atoms with E-state index in [1.807, 2.05) is 0 Å². The average molecular weight is 203 g/mol. The van der Waals surface area contributed by atoms with Crippen LogP contribution < -0.4 is 0 Å². The molecule has 0 atom stereocenters. The van der Waals surface area contributed by atoms with Gasteiger partial charge in [-0.15, -0.1) is 0 Å². The van der Waals surface area contributed by atoms with Crippen LogP contribution in [0.15, 0.2) is 24.3 Å². The molecule has 0 aromatic heterocycles. The highest BCUT2D eigenvalue weighted by atomic mass is 15.2. The van der Waals surface area contributed by atoms with Crippen molar-refractivity contribution in [3.63, 3.8) is 0 Å². The van der Waals surface area contributed by atoms with Gasteiger partial charge in [-0.3, -0.25) is 4.90 Å². The summed E-state index contributed by atoms with van der Waals surface area (Å²) in [5.74, 6) is 0. The standard InChI is InChI=1S/C14H21N/c1-14(2,3)15-10-6-9-12-7-4-5-8-13(12)11-15/h4-5,7-8H,6,9-11H2,1-3H3. The maximum absolute atomic E-state index is 2.58. The van der Waals surface area contributed by atoms with Crippen LogP contribution in [0.1, 0.15) is 38.3 Å². The molecule has 1 heterocycles. The van der Waals surface area contributed by atoms with Crippen molar-refractivity contribution in [3.05, 3.63) is 35.4 Å². The van der Waals surface area contributed by atoms with Gasteiger partial charge in [0.1, 0.15) is 0 Å². The molecule has 0 saturated heterocycles. The Labute approximate surface area is 93.1 Å². The molecule has 0 bridgehead atoms. The molecule has 0 unspecified atom stereocenters. The van der Waals surface area contributed by atoms with E-state index < -0.39 is 0 Å². The SMILES string of the molecule is CC(C)(C)N1CCCc2ccccc2C1. The monoisotopic (exact) mass is 203 g/mol. The maximum Gasteiger partial charge on any atom is 0.0241 e. The normalized spacial score (nSPS) is 18.3. The second-order valence-electron chi connectivity index (χ2n) is 5.46. The molecular formula is C14H21N. The Hall–Kier alpha value is -0.820. The first kappa shape index (κ1) is 10.7. The molecular weight excluding hydrogens is 182 g/mol.